The SMILES string of the molecule is CCOC(=O)C(=O)Nc1sc2c(c1C(=O)OCC)-c1cc(OC)c(OC)cc1C2. The van der Waals surface area contributed by atoms with E-state index >= 15 is 0 Å². The van der Waals surface area contributed by atoms with Crippen LogP contribution in [-0.4, -0.2) is 45.3 Å². The molecule has 1 amide bonds. The van der Waals surface area contributed by atoms with Gasteiger partial charge < -0.3 is 24.3 Å². The molecule has 154 valence electrons. The van der Waals surface area contributed by atoms with Crippen LogP contribution in [0.4, 0.5) is 5.00 Å². The van der Waals surface area contributed by atoms with Crippen LogP contribution in [0.3, 0.4) is 0 Å². The molecule has 1 N–H and O–H groups in total. The first-order valence-electron chi connectivity index (χ1n) is 9.01. The lowest BCUT2D eigenvalue weighted by atomic mass is 10.0. The molecule has 0 fully saturated rings. The van der Waals surface area contributed by atoms with Gasteiger partial charge in [0, 0.05) is 16.9 Å². The fourth-order valence-corrected chi connectivity index (χ4v) is 4.42. The summed E-state index contributed by atoms with van der Waals surface area (Å²) >= 11 is 1.23. The number of esters is 2. The second kappa shape index (κ2) is 8.52. The molecule has 1 aromatic carbocycles. The summed E-state index contributed by atoms with van der Waals surface area (Å²) in [5.41, 5.74) is 2.66. The zero-order chi connectivity index (χ0) is 21.1. The summed E-state index contributed by atoms with van der Waals surface area (Å²) in [6.07, 6.45) is 0.553. The van der Waals surface area contributed by atoms with Crippen molar-refractivity contribution in [1.82, 2.24) is 0 Å². The van der Waals surface area contributed by atoms with E-state index in [0.717, 1.165) is 16.0 Å². The molecule has 1 aliphatic rings. The van der Waals surface area contributed by atoms with Crippen molar-refractivity contribution < 1.29 is 33.3 Å². The molecule has 29 heavy (non-hydrogen) atoms. The van der Waals surface area contributed by atoms with Crippen LogP contribution in [-0.2, 0) is 25.5 Å². The van der Waals surface area contributed by atoms with Gasteiger partial charge >= 0.3 is 17.8 Å². The molecule has 8 nitrogen and oxygen atoms in total. The minimum atomic E-state index is -1.01. The topological polar surface area (TPSA) is 100 Å². The van der Waals surface area contributed by atoms with Crippen LogP contribution in [0.2, 0.25) is 0 Å². The van der Waals surface area contributed by atoms with Crippen molar-refractivity contribution in [3.05, 3.63) is 28.1 Å². The van der Waals surface area contributed by atoms with Crippen LogP contribution >= 0.6 is 11.3 Å². The van der Waals surface area contributed by atoms with Crippen molar-refractivity contribution in [3.63, 3.8) is 0 Å². The minimum absolute atomic E-state index is 0.0763. The predicted molar refractivity (Wildman–Crippen MR) is 107 cm³/mol. The molecule has 0 spiro atoms. The highest BCUT2D eigenvalue weighted by Crippen LogP contribution is 2.50. The second-order valence-electron chi connectivity index (χ2n) is 6.04. The summed E-state index contributed by atoms with van der Waals surface area (Å²) < 4.78 is 20.7. The number of methoxy groups -OCH3 is 2. The summed E-state index contributed by atoms with van der Waals surface area (Å²) in [6.45, 7) is 3.55. The van der Waals surface area contributed by atoms with Crippen LogP contribution < -0.4 is 14.8 Å². The third-order valence-electron chi connectivity index (χ3n) is 4.38. The van der Waals surface area contributed by atoms with Gasteiger partial charge in [0.25, 0.3) is 0 Å². The van der Waals surface area contributed by atoms with Gasteiger partial charge in [0.1, 0.15) is 10.6 Å². The number of benzene rings is 1. The number of hydrogen-bond acceptors (Lipinski definition) is 8. The van der Waals surface area contributed by atoms with Crippen molar-refractivity contribution in [2.75, 3.05) is 32.8 Å². The minimum Gasteiger partial charge on any atom is -0.493 e. The van der Waals surface area contributed by atoms with E-state index in [-0.39, 0.29) is 23.8 Å². The van der Waals surface area contributed by atoms with E-state index in [1.807, 2.05) is 6.07 Å². The molecule has 0 bridgehead atoms. The quantitative estimate of drug-likeness (QED) is 0.484. The first-order valence-corrected chi connectivity index (χ1v) is 9.82. The summed E-state index contributed by atoms with van der Waals surface area (Å²) in [5.74, 6) is -1.41. The number of thiophene rings is 1. The Morgan fingerprint density at radius 3 is 2.31 bits per heavy atom. The fourth-order valence-electron chi connectivity index (χ4n) is 3.20. The molecule has 1 heterocycles. The van der Waals surface area contributed by atoms with E-state index in [2.05, 4.69) is 5.32 Å². The zero-order valence-electron chi connectivity index (χ0n) is 16.5. The average Bonchev–Trinajstić information content (AvgIpc) is 3.21. The Bertz CT molecular complexity index is 980. The maximum Gasteiger partial charge on any atom is 0.397 e. The Kier molecular flexibility index (Phi) is 6.07. The van der Waals surface area contributed by atoms with Gasteiger partial charge in [-0.3, -0.25) is 4.79 Å². The number of anilines is 1. The lowest BCUT2D eigenvalue weighted by molar-refractivity contribution is -0.152. The molecule has 1 aliphatic carbocycles. The molecular formula is C20H21NO7S. The Balaban J connectivity index is 2.09. The molecule has 2 aromatic rings. The van der Waals surface area contributed by atoms with Crippen LogP contribution in [0.25, 0.3) is 11.1 Å². The average molecular weight is 419 g/mol. The number of ether oxygens (including phenoxy) is 4. The number of carbonyl (C=O) groups excluding carboxylic acids is 3. The standard InChI is InChI=1S/C20H21NO7S/c1-5-27-19(23)16-15-11-9-13(26-4)12(25-3)7-10(11)8-14(15)29-18(16)21-17(22)20(24)28-6-2/h7,9H,5-6,8H2,1-4H3,(H,21,22). The van der Waals surface area contributed by atoms with Gasteiger partial charge in [-0.2, -0.15) is 0 Å². The maximum atomic E-state index is 12.7. The predicted octanol–water partition coefficient (Wildman–Crippen LogP) is 3.01. The van der Waals surface area contributed by atoms with E-state index < -0.39 is 17.8 Å². The molecule has 0 aliphatic heterocycles. The summed E-state index contributed by atoms with van der Waals surface area (Å²) in [6, 6.07) is 3.67. The number of carbonyl (C=O) groups is 3. The van der Waals surface area contributed by atoms with E-state index in [1.165, 1.54) is 18.4 Å². The molecule has 0 saturated heterocycles. The van der Waals surface area contributed by atoms with Crippen molar-refractivity contribution in [3.8, 4) is 22.6 Å². The first-order chi connectivity index (χ1) is 13.9. The highest BCUT2D eigenvalue weighted by molar-refractivity contribution is 7.17. The number of hydrogen-bond donors (Lipinski definition) is 1. The zero-order valence-corrected chi connectivity index (χ0v) is 17.4. The largest absolute Gasteiger partial charge is 0.493 e. The fraction of sp³-hybridized carbons (Fsp3) is 0.350. The molecular weight excluding hydrogens is 398 g/mol. The van der Waals surface area contributed by atoms with Gasteiger partial charge in [0.15, 0.2) is 11.5 Å². The van der Waals surface area contributed by atoms with E-state index in [0.29, 0.717) is 23.5 Å². The van der Waals surface area contributed by atoms with Gasteiger partial charge in [-0.1, -0.05) is 0 Å². The third kappa shape index (κ3) is 3.77. The number of amides is 1. The molecule has 9 heteroatoms. The summed E-state index contributed by atoms with van der Waals surface area (Å²) in [4.78, 5) is 37.4. The third-order valence-corrected chi connectivity index (χ3v) is 5.48. The van der Waals surface area contributed by atoms with Crippen molar-refractivity contribution >= 4 is 34.2 Å². The molecule has 0 unspecified atom stereocenters. The van der Waals surface area contributed by atoms with Crippen LogP contribution in [0, 0.1) is 0 Å². The smallest absolute Gasteiger partial charge is 0.397 e. The van der Waals surface area contributed by atoms with Gasteiger partial charge in [-0.15, -0.1) is 11.3 Å². The van der Waals surface area contributed by atoms with Gasteiger partial charge in [-0.05, 0) is 37.1 Å². The maximum absolute atomic E-state index is 12.7. The van der Waals surface area contributed by atoms with Crippen molar-refractivity contribution in [2.24, 2.45) is 0 Å². The summed E-state index contributed by atoms with van der Waals surface area (Å²) in [7, 11) is 3.09. The first kappa shape index (κ1) is 20.7. The number of rotatable bonds is 6. The Morgan fingerprint density at radius 2 is 1.69 bits per heavy atom. The van der Waals surface area contributed by atoms with Crippen LogP contribution in [0.5, 0.6) is 11.5 Å². The lowest BCUT2D eigenvalue weighted by Crippen LogP contribution is -2.25. The molecule has 0 atom stereocenters. The molecule has 3 rings (SSSR count). The number of fused-ring (bicyclic) bond motifs is 3. The molecule has 1 aromatic heterocycles. The van der Waals surface area contributed by atoms with E-state index in [1.54, 1.807) is 27.0 Å². The van der Waals surface area contributed by atoms with Crippen molar-refractivity contribution in [2.45, 2.75) is 20.3 Å². The molecule has 0 radical (unpaired) electrons. The van der Waals surface area contributed by atoms with Crippen LogP contribution in [0.15, 0.2) is 12.1 Å². The van der Waals surface area contributed by atoms with Gasteiger partial charge in [0.2, 0.25) is 0 Å². The lowest BCUT2D eigenvalue weighted by Gasteiger charge is -2.12. The Hall–Kier alpha value is -3.07. The summed E-state index contributed by atoms with van der Waals surface area (Å²) in [5, 5.41) is 2.75. The highest BCUT2D eigenvalue weighted by atomic mass is 32.1. The van der Waals surface area contributed by atoms with Gasteiger partial charge in [-0.25, -0.2) is 9.59 Å². The Labute approximate surface area is 171 Å². The second-order valence-corrected chi connectivity index (χ2v) is 7.15. The molecule has 0 saturated carbocycles. The normalized spacial score (nSPS) is 11.3. The van der Waals surface area contributed by atoms with E-state index in [4.69, 9.17) is 18.9 Å². The monoisotopic (exact) mass is 419 g/mol. The Morgan fingerprint density at radius 1 is 1.03 bits per heavy atom. The number of nitrogens with one attached hydrogen (secondary N) is 1. The highest BCUT2D eigenvalue weighted by Gasteiger charge is 2.33. The van der Waals surface area contributed by atoms with E-state index in [9.17, 15) is 14.4 Å². The van der Waals surface area contributed by atoms with Crippen LogP contribution in [0.1, 0.15) is 34.6 Å². The van der Waals surface area contributed by atoms with Gasteiger partial charge in [0.05, 0.1) is 27.4 Å². The van der Waals surface area contributed by atoms with Crippen molar-refractivity contribution in [1.29, 1.82) is 0 Å².